The van der Waals surface area contributed by atoms with E-state index in [1.165, 1.54) is 44.9 Å². The Morgan fingerprint density at radius 3 is 2.20 bits per heavy atom. The molecule has 3 aliphatic rings. The molecule has 0 heterocycles. The van der Waals surface area contributed by atoms with Crippen LogP contribution in [0, 0.1) is 11.7 Å². The van der Waals surface area contributed by atoms with E-state index in [2.05, 4.69) is 10.1 Å². The summed E-state index contributed by atoms with van der Waals surface area (Å²) in [6.07, 6.45) is 12.4. The Morgan fingerprint density at radius 1 is 1.03 bits per heavy atom. The molecule has 0 aromatic heterocycles. The van der Waals surface area contributed by atoms with Crippen molar-refractivity contribution in [2.24, 2.45) is 5.92 Å². The van der Waals surface area contributed by atoms with E-state index in [0.29, 0.717) is 18.6 Å². The lowest BCUT2D eigenvalue weighted by Gasteiger charge is -2.27. The Morgan fingerprint density at radius 2 is 1.73 bits per heavy atom. The van der Waals surface area contributed by atoms with Crippen LogP contribution in [0.2, 0.25) is 0 Å². The van der Waals surface area contributed by atoms with Crippen molar-refractivity contribution in [1.29, 1.82) is 0 Å². The van der Waals surface area contributed by atoms with Gasteiger partial charge < -0.3 is 19.9 Å². The maximum absolute atomic E-state index is 12.9. The number of alkyl halides is 2. The van der Waals surface area contributed by atoms with Crippen LogP contribution in [-0.4, -0.2) is 36.9 Å². The van der Waals surface area contributed by atoms with Crippen LogP contribution in [0.4, 0.5) is 13.2 Å². The van der Waals surface area contributed by atoms with Crippen LogP contribution in [0.25, 0.3) is 0 Å². The lowest BCUT2D eigenvalue weighted by atomic mass is 9.96. The molecule has 1 aromatic rings. The maximum Gasteiger partial charge on any atom is 0.387 e. The van der Waals surface area contributed by atoms with Gasteiger partial charge in [0, 0.05) is 18.7 Å². The van der Waals surface area contributed by atoms with Crippen molar-refractivity contribution in [1.82, 2.24) is 5.32 Å². The molecule has 2 N–H and O–H groups in total. The molecule has 3 saturated carbocycles. The molecule has 4 rings (SSSR count). The molecule has 3 fully saturated rings. The van der Waals surface area contributed by atoms with Gasteiger partial charge in [-0.3, -0.25) is 4.79 Å². The number of rotatable bonds is 7. The zero-order chi connectivity index (χ0) is 21.8. The summed E-state index contributed by atoms with van der Waals surface area (Å²) in [7, 11) is 0. The van der Waals surface area contributed by atoms with Crippen molar-refractivity contribution in [2.75, 3.05) is 6.61 Å². The number of halogens is 3. The highest BCUT2D eigenvalue weighted by Gasteiger charge is 2.22. The minimum absolute atomic E-state index is 0.0122. The Bertz CT molecular complexity index is 618. The van der Waals surface area contributed by atoms with Crippen molar-refractivity contribution in [3.8, 4) is 11.5 Å². The fourth-order valence-corrected chi connectivity index (χ4v) is 3.10. The molecule has 0 spiro atoms. The Labute approximate surface area is 175 Å². The normalized spacial score (nSPS) is 18.8. The van der Waals surface area contributed by atoms with Crippen molar-refractivity contribution in [3.63, 3.8) is 0 Å². The SMILES string of the molecule is Fc1ccc(OC(F)F)c(OC2CCC2)c1.O=CNC1CCCCC1.OCC1CC1. The van der Waals surface area contributed by atoms with Gasteiger partial charge in [-0.25, -0.2) is 4.39 Å². The van der Waals surface area contributed by atoms with E-state index in [9.17, 15) is 18.0 Å². The van der Waals surface area contributed by atoms with Crippen LogP contribution in [0.5, 0.6) is 11.5 Å². The zero-order valence-electron chi connectivity index (χ0n) is 17.2. The molecule has 3 aliphatic carbocycles. The molecule has 30 heavy (non-hydrogen) atoms. The number of nitrogens with one attached hydrogen (secondary N) is 1. The average molecular weight is 431 g/mol. The third-order valence-corrected chi connectivity index (χ3v) is 5.33. The number of hydrogen-bond acceptors (Lipinski definition) is 4. The summed E-state index contributed by atoms with van der Waals surface area (Å²) in [6, 6.07) is 3.76. The van der Waals surface area contributed by atoms with Crippen LogP contribution in [-0.2, 0) is 4.79 Å². The lowest BCUT2D eigenvalue weighted by molar-refractivity contribution is -0.110. The quantitative estimate of drug-likeness (QED) is 0.608. The second-order valence-corrected chi connectivity index (χ2v) is 7.89. The Balaban J connectivity index is 0.000000190. The summed E-state index contributed by atoms with van der Waals surface area (Å²) in [6.45, 7) is -2.52. The van der Waals surface area contributed by atoms with Crippen LogP contribution >= 0.6 is 0 Å². The third kappa shape index (κ3) is 9.69. The maximum atomic E-state index is 12.9. The highest BCUT2D eigenvalue weighted by atomic mass is 19.3. The summed E-state index contributed by atoms with van der Waals surface area (Å²) in [4.78, 5) is 9.96. The molecular weight excluding hydrogens is 399 g/mol. The first-order valence-corrected chi connectivity index (χ1v) is 10.7. The number of ether oxygens (including phenoxy) is 2. The van der Waals surface area contributed by atoms with Crippen molar-refractivity contribution in [2.45, 2.75) is 83.0 Å². The summed E-state index contributed by atoms with van der Waals surface area (Å²) in [5.74, 6) is 0.0826. The van der Waals surface area contributed by atoms with E-state index in [0.717, 1.165) is 43.9 Å². The number of aliphatic hydroxyl groups is 1. The van der Waals surface area contributed by atoms with Gasteiger partial charge in [-0.05, 0) is 63.0 Å². The molecule has 0 unspecified atom stereocenters. The standard InChI is InChI=1S/C11H11F3O2.C7H13NO.C4H8O/c12-7-4-5-9(16-11(13)14)10(6-7)15-8-2-1-3-8;9-6-8-7-4-2-1-3-5-7;5-3-4-1-2-4/h4-6,8,11H,1-3H2;6-7H,1-5H2,(H,8,9);4-5H,1-3H2. The molecule has 8 heteroatoms. The highest BCUT2D eigenvalue weighted by Crippen LogP contribution is 2.33. The van der Waals surface area contributed by atoms with Gasteiger partial charge in [-0.15, -0.1) is 0 Å². The molecule has 0 saturated heterocycles. The second kappa shape index (κ2) is 13.4. The molecule has 0 aliphatic heterocycles. The minimum Gasteiger partial charge on any atom is -0.486 e. The van der Waals surface area contributed by atoms with Crippen molar-refractivity contribution < 1.29 is 32.5 Å². The monoisotopic (exact) mass is 431 g/mol. The number of carbonyl (C=O) groups excluding carboxylic acids is 1. The third-order valence-electron chi connectivity index (χ3n) is 5.33. The van der Waals surface area contributed by atoms with Gasteiger partial charge in [0.25, 0.3) is 0 Å². The lowest BCUT2D eigenvalue weighted by Crippen LogP contribution is -2.29. The van der Waals surface area contributed by atoms with Gasteiger partial charge in [0.2, 0.25) is 6.41 Å². The number of aliphatic hydroxyl groups excluding tert-OH is 1. The van der Waals surface area contributed by atoms with E-state index in [4.69, 9.17) is 9.84 Å². The van der Waals surface area contributed by atoms with Gasteiger partial charge in [-0.2, -0.15) is 8.78 Å². The largest absolute Gasteiger partial charge is 0.486 e. The number of benzene rings is 1. The molecule has 0 radical (unpaired) electrons. The molecule has 0 atom stereocenters. The molecule has 5 nitrogen and oxygen atoms in total. The van der Waals surface area contributed by atoms with Crippen LogP contribution in [0.3, 0.4) is 0 Å². The zero-order valence-corrected chi connectivity index (χ0v) is 17.2. The first kappa shape index (κ1) is 24.3. The van der Waals surface area contributed by atoms with E-state index in [1.807, 2.05) is 0 Å². The molecular formula is C22H32F3NO4. The van der Waals surface area contributed by atoms with Crippen molar-refractivity contribution >= 4 is 6.41 Å². The smallest absolute Gasteiger partial charge is 0.387 e. The first-order valence-electron chi connectivity index (χ1n) is 10.7. The van der Waals surface area contributed by atoms with Crippen LogP contribution in [0.15, 0.2) is 18.2 Å². The fourth-order valence-electron chi connectivity index (χ4n) is 3.10. The minimum atomic E-state index is -2.94. The van der Waals surface area contributed by atoms with E-state index in [1.54, 1.807) is 0 Å². The van der Waals surface area contributed by atoms with Gasteiger partial charge in [0.05, 0.1) is 6.10 Å². The van der Waals surface area contributed by atoms with Gasteiger partial charge in [0.15, 0.2) is 11.5 Å². The number of hydrogen-bond donors (Lipinski definition) is 2. The Kier molecular flexibility index (Phi) is 10.8. The topological polar surface area (TPSA) is 67.8 Å². The average Bonchev–Trinajstić information content (AvgIpc) is 3.53. The predicted molar refractivity (Wildman–Crippen MR) is 107 cm³/mol. The van der Waals surface area contributed by atoms with Crippen LogP contribution < -0.4 is 14.8 Å². The molecule has 1 aromatic carbocycles. The van der Waals surface area contributed by atoms with Gasteiger partial charge in [-0.1, -0.05) is 19.3 Å². The van der Waals surface area contributed by atoms with E-state index in [-0.39, 0.29) is 17.6 Å². The second-order valence-electron chi connectivity index (χ2n) is 7.89. The number of amides is 1. The molecule has 170 valence electrons. The first-order chi connectivity index (χ1) is 14.5. The summed E-state index contributed by atoms with van der Waals surface area (Å²) < 4.78 is 46.7. The van der Waals surface area contributed by atoms with E-state index >= 15 is 0 Å². The Hall–Kier alpha value is -1.96. The highest BCUT2D eigenvalue weighted by molar-refractivity contribution is 5.46. The summed E-state index contributed by atoms with van der Waals surface area (Å²) >= 11 is 0. The molecule has 0 bridgehead atoms. The molecule has 1 amide bonds. The summed E-state index contributed by atoms with van der Waals surface area (Å²) in [5, 5.41) is 11.0. The summed E-state index contributed by atoms with van der Waals surface area (Å²) in [5.41, 5.74) is 0. The predicted octanol–water partition coefficient (Wildman–Crippen LogP) is 4.81. The fraction of sp³-hybridized carbons (Fsp3) is 0.682. The van der Waals surface area contributed by atoms with Gasteiger partial charge in [0.1, 0.15) is 5.82 Å². The van der Waals surface area contributed by atoms with Crippen molar-refractivity contribution in [3.05, 3.63) is 24.0 Å². The van der Waals surface area contributed by atoms with E-state index < -0.39 is 12.4 Å². The number of carbonyl (C=O) groups is 1. The van der Waals surface area contributed by atoms with Crippen LogP contribution in [0.1, 0.15) is 64.2 Å². The van der Waals surface area contributed by atoms with Gasteiger partial charge >= 0.3 is 6.61 Å².